The van der Waals surface area contributed by atoms with Crippen molar-refractivity contribution in [3.63, 3.8) is 0 Å². The summed E-state index contributed by atoms with van der Waals surface area (Å²) in [6.45, 7) is 4.18. The summed E-state index contributed by atoms with van der Waals surface area (Å²) in [5.41, 5.74) is 0. The summed E-state index contributed by atoms with van der Waals surface area (Å²) in [6.07, 6.45) is 4.64. The predicted molar refractivity (Wildman–Crippen MR) is 51.1 cm³/mol. The van der Waals surface area contributed by atoms with E-state index in [0.29, 0.717) is 0 Å². The van der Waals surface area contributed by atoms with Crippen LogP contribution in [0.3, 0.4) is 0 Å². The van der Waals surface area contributed by atoms with Gasteiger partial charge in [0.2, 0.25) is 0 Å². The Bertz CT molecular complexity index is 81.8. The lowest BCUT2D eigenvalue weighted by Gasteiger charge is -2.16. The third-order valence-corrected chi connectivity index (χ3v) is 2.15. The smallest absolute Gasteiger partial charge is 0.0799 e. The fourth-order valence-electron chi connectivity index (χ4n) is 1.21. The lowest BCUT2D eigenvalue weighted by Crippen LogP contribution is -2.25. The van der Waals surface area contributed by atoms with Crippen LogP contribution in [0.5, 0.6) is 0 Å². The molecule has 0 aromatic carbocycles. The second kappa shape index (κ2) is 7.56. The minimum absolute atomic E-state index is 0.503. The van der Waals surface area contributed by atoms with Gasteiger partial charge in [-0.25, -0.2) is 0 Å². The predicted octanol–water partition coefficient (Wildman–Crippen LogP) is 2.09. The van der Waals surface area contributed by atoms with Crippen molar-refractivity contribution in [2.24, 2.45) is 0 Å². The molecule has 0 rings (SSSR count). The van der Waals surface area contributed by atoms with Gasteiger partial charge in [-0.3, -0.25) is 0 Å². The van der Waals surface area contributed by atoms with Crippen LogP contribution in [-0.4, -0.2) is 22.4 Å². The van der Waals surface area contributed by atoms with E-state index < -0.39 is 12.2 Å². The first kappa shape index (κ1) is 11.9. The highest BCUT2D eigenvalue weighted by Gasteiger charge is 2.14. The molecule has 2 heteroatoms. The summed E-state index contributed by atoms with van der Waals surface area (Å²) in [6, 6.07) is 0. The maximum absolute atomic E-state index is 9.43. The first-order chi connectivity index (χ1) is 5.72. The molecule has 2 N–H and O–H groups in total. The Labute approximate surface area is 75.6 Å². The van der Waals surface area contributed by atoms with Crippen LogP contribution in [-0.2, 0) is 0 Å². The first-order valence-electron chi connectivity index (χ1n) is 5.08. The Balaban J connectivity index is 3.39. The van der Waals surface area contributed by atoms with Gasteiger partial charge in [0.1, 0.15) is 0 Å². The zero-order chi connectivity index (χ0) is 9.40. The third kappa shape index (κ3) is 5.56. The van der Waals surface area contributed by atoms with Crippen LogP contribution >= 0.6 is 0 Å². The van der Waals surface area contributed by atoms with E-state index in [4.69, 9.17) is 0 Å². The maximum Gasteiger partial charge on any atom is 0.0799 e. The quantitative estimate of drug-likeness (QED) is 0.620. The van der Waals surface area contributed by atoms with Gasteiger partial charge in [0.25, 0.3) is 0 Å². The molecule has 12 heavy (non-hydrogen) atoms. The van der Waals surface area contributed by atoms with E-state index in [1.165, 1.54) is 0 Å². The lowest BCUT2D eigenvalue weighted by molar-refractivity contribution is 0.00764. The zero-order valence-electron chi connectivity index (χ0n) is 8.29. The van der Waals surface area contributed by atoms with E-state index in [1.807, 2.05) is 0 Å². The number of rotatable bonds is 7. The van der Waals surface area contributed by atoms with E-state index >= 15 is 0 Å². The average molecular weight is 174 g/mol. The summed E-state index contributed by atoms with van der Waals surface area (Å²) in [5, 5.41) is 18.9. The molecule has 0 amide bonds. The molecule has 2 nitrogen and oxygen atoms in total. The van der Waals surface area contributed by atoms with Crippen LogP contribution in [0.2, 0.25) is 0 Å². The van der Waals surface area contributed by atoms with Crippen LogP contribution in [0.25, 0.3) is 0 Å². The molecule has 0 heterocycles. The Morgan fingerprint density at radius 2 is 1.17 bits per heavy atom. The van der Waals surface area contributed by atoms with Gasteiger partial charge in [0, 0.05) is 0 Å². The summed E-state index contributed by atoms with van der Waals surface area (Å²) in [4.78, 5) is 0. The van der Waals surface area contributed by atoms with Crippen molar-refractivity contribution in [2.75, 3.05) is 0 Å². The third-order valence-electron chi connectivity index (χ3n) is 2.15. The van der Waals surface area contributed by atoms with Crippen molar-refractivity contribution < 1.29 is 10.2 Å². The Morgan fingerprint density at radius 3 is 1.42 bits per heavy atom. The lowest BCUT2D eigenvalue weighted by atomic mass is 10.0. The van der Waals surface area contributed by atoms with Gasteiger partial charge in [0.05, 0.1) is 12.2 Å². The second-order valence-corrected chi connectivity index (χ2v) is 3.42. The summed E-state index contributed by atoms with van der Waals surface area (Å²) >= 11 is 0. The van der Waals surface area contributed by atoms with Crippen molar-refractivity contribution in [1.82, 2.24) is 0 Å². The normalized spacial score (nSPS) is 16.0. The minimum atomic E-state index is -0.503. The van der Waals surface area contributed by atoms with E-state index in [-0.39, 0.29) is 0 Å². The van der Waals surface area contributed by atoms with Gasteiger partial charge in [-0.05, 0) is 12.8 Å². The fourth-order valence-corrected chi connectivity index (χ4v) is 1.21. The van der Waals surface area contributed by atoms with Crippen molar-refractivity contribution in [3.8, 4) is 0 Å². The molecule has 0 aliphatic rings. The molecule has 0 bridgehead atoms. The number of unbranched alkanes of at least 4 members (excludes halogenated alkanes) is 2. The standard InChI is InChI=1S/C10H22O2/c1-3-5-7-9(11)10(12)8-6-4-2/h9-12H,3-8H2,1-2H3/t9-,10+. The van der Waals surface area contributed by atoms with E-state index in [9.17, 15) is 10.2 Å². The highest BCUT2D eigenvalue weighted by Crippen LogP contribution is 2.10. The molecule has 0 spiro atoms. The van der Waals surface area contributed by atoms with Gasteiger partial charge >= 0.3 is 0 Å². The topological polar surface area (TPSA) is 40.5 Å². The van der Waals surface area contributed by atoms with Crippen LogP contribution in [0.15, 0.2) is 0 Å². The van der Waals surface area contributed by atoms with Crippen molar-refractivity contribution in [3.05, 3.63) is 0 Å². The molecular weight excluding hydrogens is 152 g/mol. The number of aliphatic hydroxyl groups excluding tert-OH is 2. The van der Waals surface area contributed by atoms with Crippen LogP contribution in [0.1, 0.15) is 52.4 Å². The van der Waals surface area contributed by atoms with Crippen molar-refractivity contribution >= 4 is 0 Å². The van der Waals surface area contributed by atoms with Crippen LogP contribution < -0.4 is 0 Å². The molecule has 0 radical (unpaired) electrons. The molecule has 0 saturated heterocycles. The molecule has 2 atom stereocenters. The molecule has 0 aromatic heterocycles. The Morgan fingerprint density at radius 1 is 0.833 bits per heavy atom. The highest BCUT2D eigenvalue weighted by molar-refractivity contribution is 4.66. The average Bonchev–Trinajstić information content (AvgIpc) is 2.10. The molecule has 0 fully saturated rings. The van der Waals surface area contributed by atoms with Gasteiger partial charge < -0.3 is 10.2 Å². The summed E-state index contributed by atoms with van der Waals surface area (Å²) < 4.78 is 0. The maximum atomic E-state index is 9.43. The fraction of sp³-hybridized carbons (Fsp3) is 1.00. The molecule has 0 unspecified atom stereocenters. The number of aliphatic hydroxyl groups is 2. The molecular formula is C10H22O2. The summed E-state index contributed by atoms with van der Waals surface area (Å²) in [7, 11) is 0. The molecule has 0 aliphatic heterocycles. The molecule has 74 valence electrons. The molecule has 0 saturated carbocycles. The highest BCUT2D eigenvalue weighted by atomic mass is 16.3. The van der Waals surface area contributed by atoms with Crippen LogP contribution in [0.4, 0.5) is 0 Å². The van der Waals surface area contributed by atoms with Crippen molar-refractivity contribution in [1.29, 1.82) is 0 Å². The first-order valence-corrected chi connectivity index (χ1v) is 5.08. The van der Waals surface area contributed by atoms with E-state index in [0.717, 1.165) is 38.5 Å². The number of hydrogen-bond acceptors (Lipinski definition) is 2. The van der Waals surface area contributed by atoms with Gasteiger partial charge in [0.15, 0.2) is 0 Å². The van der Waals surface area contributed by atoms with Crippen LogP contribution in [0, 0.1) is 0 Å². The number of hydrogen-bond donors (Lipinski definition) is 2. The second-order valence-electron chi connectivity index (χ2n) is 3.42. The van der Waals surface area contributed by atoms with Crippen molar-refractivity contribution in [2.45, 2.75) is 64.6 Å². The Kier molecular flexibility index (Phi) is 7.51. The zero-order valence-corrected chi connectivity index (χ0v) is 8.29. The SMILES string of the molecule is CCCC[C@@H](O)[C@@H](O)CCCC. The molecule has 0 aliphatic carbocycles. The van der Waals surface area contributed by atoms with Gasteiger partial charge in [-0.2, -0.15) is 0 Å². The largest absolute Gasteiger partial charge is 0.390 e. The summed E-state index contributed by atoms with van der Waals surface area (Å²) in [5.74, 6) is 0. The van der Waals surface area contributed by atoms with Gasteiger partial charge in [-0.15, -0.1) is 0 Å². The monoisotopic (exact) mass is 174 g/mol. The van der Waals surface area contributed by atoms with E-state index in [1.54, 1.807) is 0 Å². The van der Waals surface area contributed by atoms with E-state index in [2.05, 4.69) is 13.8 Å². The molecule has 0 aromatic rings. The minimum Gasteiger partial charge on any atom is -0.390 e. The van der Waals surface area contributed by atoms with Gasteiger partial charge in [-0.1, -0.05) is 39.5 Å². The Hall–Kier alpha value is -0.0800.